The minimum atomic E-state index is -0.887. The van der Waals surface area contributed by atoms with Crippen molar-refractivity contribution in [3.05, 3.63) is 52.6 Å². The fraction of sp³-hybridized carbons (Fsp3) is 0.222. The summed E-state index contributed by atoms with van der Waals surface area (Å²) in [5, 5.41) is 10.2. The molecule has 0 aliphatic heterocycles. The molecular formula is C18H16F2N6O2. The maximum Gasteiger partial charge on any atom is 0.344 e. The van der Waals surface area contributed by atoms with Gasteiger partial charge >= 0.3 is 6.03 Å². The summed E-state index contributed by atoms with van der Waals surface area (Å²) >= 11 is 0. The number of aromatic nitrogens is 5. The van der Waals surface area contributed by atoms with Gasteiger partial charge in [-0.1, -0.05) is 13.8 Å². The van der Waals surface area contributed by atoms with Gasteiger partial charge in [-0.15, -0.1) is 0 Å². The van der Waals surface area contributed by atoms with Gasteiger partial charge in [0.15, 0.2) is 11.5 Å². The van der Waals surface area contributed by atoms with Gasteiger partial charge in [0.05, 0.1) is 22.5 Å². The zero-order valence-corrected chi connectivity index (χ0v) is 15.0. The average molecular weight is 386 g/mol. The van der Waals surface area contributed by atoms with Crippen LogP contribution < -0.4 is 10.9 Å². The van der Waals surface area contributed by atoms with Crippen LogP contribution in [0.3, 0.4) is 0 Å². The van der Waals surface area contributed by atoms with Crippen LogP contribution in [0.25, 0.3) is 27.6 Å². The van der Waals surface area contributed by atoms with Crippen LogP contribution >= 0.6 is 0 Å². The van der Waals surface area contributed by atoms with Crippen molar-refractivity contribution in [3.63, 3.8) is 0 Å². The maximum absolute atomic E-state index is 14.1. The van der Waals surface area contributed by atoms with Gasteiger partial charge < -0.3 is 5.32 Å². The second-order valence-corrected chi connectivity index (χ2v) is 6.77. The van der Waals surface area contributed by atoms with Crippen LogP contribution in [0.4, 0.5) is 13.6 Å². The minimum absolute atomic E-state index is 0.127. The molecule has 0 atom stereocenters. The Morgan fingerprint density at radius 3 is 2.75 bits per heavy atom. The second kappa shape index (κ2) is 6.55. The predicted octanol–water partition coefficient (Wildman–Crippen LogP) is 2.56. The SMILES string of the molecule is CC(C)CNC(=O)n1ncc2c3[nH]n(-c4ccc(F)cc4F)c(=O)c3cnc21. The summed E-state index contributed by atoms with van der Waals surface area (Å²) in [5.74, 6) is -1.37. The van der Waals surface area contributed by atoms with Crippen molar-refractivity contribution in [1.82, 2.24) is 29.9 Å². The van der Waals surface area contributed by atoms with Crippen molar-refractivity contribution in [2.24, 2.45) is 5.92 Å². The summed E-state index contributed by atoms with van der Waals surface area (Å²) in [4.78, 5) is 29.1. The van der Waals surface area contributed by atoms with Crippen LogP contribution in [-0.2, 0) is 0 Å². The number of rotatable bonds is 3. The van der Waals surface area contributed by atoms with Crippen LogP contribution in [0.5, 0.6) is 0 Å². The van der Waals surface area contributed by atoms with Gasteiger partial charge in [0.2, 0.25) is 0 Å². The molecule has 4 aromatic rings. The lowest BCUT2D eigenvalue weighted by Crippen LogP contribution is -2.32. The van der Waals surface area contributed by atoms with E-state index in [1.807, 2.05) is 13.8 Å². The molecule has 0 fully saturated rings. The van der Waals surface area contributed by atoms with Gasteiger partial charge in [0.25, 0.3) is 5.56 Å². The second-order valence-electron chi connectivity index (χ2n) is 6.77. The van der Waals surface area contributed by atoms with Crippen LogP contribution in [0.1, 0.15) is 13.8 Å². The largest absolute Gasteiger partial charge is 0.344 e. The number of aromatic amines is 1. The van der Waals surface area contributed by atoms with E-state index in [-0.39, 0.29) is 22.6 Å². The Labute approximate surface area is 156 Å². The summed E-state index contributed by atoms with van der Waals surface area (Å²) in [6, 6.07) is 2.47. The summed E-state index contributed by atoms with van der Waals surface area (Å²) in [6.45, 7) is 4.40. The van der Waals surface area contributed by atoms with E-state index >= 15 is 0 Å². The molecule has 0 saturated heterocycles. The lowest BCUT2D eigenvalue weighted by Gasteiger charge is -2.07. The third-order valence-electron chi connectivity index (χ3n) is 4.26. The van der Waals surface area contributed by atoms with Gasteiger partial charge in [0, 0.05) is 18.8 Å². The molecule has 0 saturated carbocycles. The Morgan fingerprint density at radius 1 is 1.25 bits per heavy atom. The fourth-order valence-corrected chi connectivity index (χ4v) is 2.89. The normalized spacial score (nSPS) is 11.6. The smallest absolute Gasteiger partial charge is 0.336 e. The first-order chi connectivity index (χ1) is 13.4. The molecule has 8 nitrogen and oxygen atoms in total. The molecule has 0 spiro atoms. The predicted molar refractivity (Wildman–Crippen MR) is 98.5 cm³/mol. The van der Waals surface area contributed by atoms with Gasteiger partial charge in [-0.2, -0.15) is 9.78 Å². The zero-order valence-electron chi connectivity index (χ0n) is 15.0. The van der Waals surface area contributed by atoms with E-state index in [2.05, 4.69) is 20.5 Å². The van der Waals surface area contributed by atoms with Gasteiger partial charge in [0.1, 0.15) is 11.5 Å². The van der Waals surface area contributed by atoms with E-state index in [4.69, 9.17) is 0 Å². The lowest BCUT2D eigenvalue weighted by molar-refractivity contribution is 0.239. The first kappa shape index (κ1) is 17.8. The first-order valence-electron chi connectivity index (χ1n) is 8.58. The molecule has 3 aromatic heterocycles. The minimum Gasteiger partial charge on any atom is -0.336 e. The van der Waals surface area contributed by atoms with Crippen LogP contribution in [0.15, 0.2) is 35.4 Å². The Balaban J connectivity index is 1.85. The van der Waals surface area contributed by atoms with Crippen molar-refractivity contribution in [2.45, 2.75) is 13.8 Å². The third-order valence-corrected chi connectivity index (χ3v) is 4.26. The summed E-state index contributed by atoms with van der Waals surface area (Å²) < 4.78 is 29.4. The molecule has 28 heavy (non-hydrogen) atoms. The number of nitrogens with one attached hydrogen (secondary N) is 2. The van der Waals surface area contributed by atoms with E-state index in [1.165, 1.54) is 12.4 Å². The maximum atomic E-state index is 14.1. The number of benzene rings is 1. The summed E-state index contributed by atoms with van der Waals surface area (Å²) in [7, 11) is 0. The number of carbonyl (C=O) groups excluding carboxylic acids is 1. The van der Waals surface area contributed by atoms with Crippen LogP contribution in [-0.4, -0.2) is 37.1 Å². The highest BCUT2D eigenvalue weighted by Gasteiger charge is 2.19. The van der Waals surface area contributed by atoms with Gasteiger partial charge in [-0.05, 0) is 18.1 Å². The molecule has 144 valence electrons. The molecule has 0 aliphatic carbocycles. The lowest BCUT2D eigenvalue weighted by atomic mass is 10.2. The number of amides is 1. The highest BCUT2D eigenvalue weighted by molar-refractivity contribution is 6.03. The van der Waals surface area contributed by atoms with E-state index in [0.717, 1.165) is 21.5 Å². The zero-order chi connectivity index (χ0) is 20.0. The Morgan fingerprint density at radius 2 is 2.04 bits per heavy atom. The number of pyridine rings is 1. The fourth-order valence-electron chi connectivity index (χ4n) is 2.89. The van der Waals surface area contributed by atoms with E-state index in [9.17, 15) is 18.4 Å². The summed E-state index contributed by atoms with van der Waals surface area (Å²) in [6.07, 6.45) is 2.70. The molecular weight excluding hydrogens is 370 g/mol. The number of H-pyrrole nitrogens is 1. The van der Waals surface area contributed by atoms with E-state index in [0.29, 0.717) is 23.5 Å². The molecule has 0 bridgehead atoms. The molecule has 1 aromatic carbocycles. The van der Waals surface area contributed by atoms with Gasteiger partial charge in [-0.25, -0.2) is 23.2 Å². The topological polar surface area (TPSA) is 97.6 Å². The molecule has 0 aliphatic rings. The van der Waals surface area contributed by atoms with Crippen molar-refractivity contribution in [2.75, 3.05) is 6.54 Å². The van der Waals surface area contributed by atoms with Crippen molar-refractivity contribution < 1.29 is 13.6 Å². The van der Waals surface area contributed by atoms with Crippen molar-refractivity contribution in [3.8, 4) is 5.69 Å². The van der Waals surface area contributed by atoms with E-state index in [1.54, 1.807) is 0 Å². The van der Waals surface area contributed by atoms with Crippen molar-refractivity contribution in [1.29, 1.82) is 0 Å². The number of hydrogen-bond acceptors (Lipinski definition) is 4. The number of hydrogen-bond donors (Lipinski definition) is 2. The Kier molecular flexibility index (Phi) is 4.17. The molecule has 10 heteroatoms. The first-order valence-corrected chi connectivity index (χ1v) is 8.58. The summed E-state index contributed by atoms with van der Waals surface area (Å²) in [5.41, 5.74) is -0.0758. The quantitative estimate of drug-likeness (QED) is 0.565. The average Bonchev–Trinajstić information content (AvgIpc) is 3.21. The number of nitrogens with zero attached hydrogens (tertiary/aromatic N) is 4. The molecule has 2 N–H and O–H groups in total. The Hall–Kier alpha value is -3.56. The van der Waals surface area contributed by atoms with Gasteiger partial charge in [-0.3, -0.25) is 9.89 Å². The van der Waals surface area contributed by atoms with Crippen molar-refractivity contribution >= 4 is 28.0 Å². The Bertz CT molecular complexity index is 1270. The van der Waals surface area contributed by atoms with E-state index < -0.39 is 23.2 Å². The standard InChI is InChI=1S/C18H16F2N6O2/c1-9(2)6-22-18(28)26-16-11(8-23-26)15-12(7-21-16)17(27)25(24-15)14-4-3-10(19)5-13(14)20/h3-5,7-9,24H,6H2,1-2H3,(H,22,28). The number of fused-ring (bicyclic) bond motifs is 3. The number of halogens is 2. The highest BCUT2D eigenvalue weighted by atomic mass is 19.1. The van der Waals surface area contributed by atoms with Crippen LogP contribution in [0, 0.1) is 17.6 Å². The van der Waals surface area contributed by atoms with Crippen LogP contribution in [0.2, 0.25) is 0 Å². The monoisotopic (exact) mass is 386 g/mol. The molecule has 1 amide bonds. The molecule has 0 radical (unpaired) electrons. The molecule has 3 heterocycles. The molecule has 0 unspecified atom stereocenters. The highest BCUT2D eigenvalue weighted by Crippen LogP contribution is 2.21. The third kappa shape index (κ3) is 2.82. The number of carbonyl (C=O) groups is 1. The molecule has 4 rings (SSSR count).